The van der Waals surface area contributed by atoms with E-state index in [2.05, 4.69) is 0 Å². The number of amides is 1. The van der Waals surface area contributed by atoms with Crippen LogP contribution < -0.4 is 5.73 Å². The maximum Gasteiger partial charge on any atom is 0.241 e. The first-order chi connectivity index (χ1) is 7.21. The zero-order chi connectivity index (χ0) is 12.5. The fourth-order valence-electron chi connectivity index (χ4n) is 1.91. The molecule has 3 unspecified atom stereocenters. The average molecular weight is 227 g/mol. The number of hydrogen-bond donors (Lipinski definition) is 0. The Morgan fingerprint density at radius 2 is 1.75 bits per heavy atom. The third-order valence-corrected chi connectivity index (χ3v) is 2.84. The summed E-state index contributed by atoms with van der Waals surface area (Å²) in [5.41, 5.74) is 7.66. The highest BCUT2D eigenvalue weighted by Crippen LogP contribution is 2.22. The Bertz CT molecular complexity index is 250. The predicted molar refractivity (Wildman–Crippen MR) is 62.9 cm³/mol. The molecule has 1 heterocycles. The fraction of sp³-hybridized carbons (Fsp3) is 0.917. The van der Waals surface area contributed by atoms with Gasteiger partial charge in [-0.1, -0.05) is 20.8 Å². The van der Waals surface area contributed by atoms with Crippen LogP contribution in [0.4, 0.5) is 0 Å². The Morgan fingerprint density at radius 1 is 1.31 bits per heavy atom. The van der Waals surface area contributed by atoms with Crippen LogP contribution in [-0.4, -0.2) is 42.1 Å². The Balaban J connectivity index is 2.67. The molecule has 0 aromatic carbocycles. The van der Waals surface area contributed by atoms with Crippen LogP contribution in [0.5, 0.6) is 0 Å². The lowest BCUT2D eigenvalue weighted by Gasteiger charge is -2.38. The monoisotopic (exact) mass is 227 g/mol. The lowest BCUT2D eigenvalue weighted by Crippen LogP contribution is -2.54. The number of rotatable bonds is 1. The van der Waals surface area contributed by atoms with Gasteiger partial charge in [-0.15, -0.1) is 0 Å². The summed E-state index contributed by atoms with van der Waals surface area (Å²) in [6, 6.07) is -0.690. The molecule has 3 atom stereocenters. The maximum atomic E-state index is 12.1. The number of carbonyl (C=O) groups is 1. The van der Waals surface area contributed by atoms with E-state index in [1.165, 1.54) is 0 Å². The molecule has 4 nitrogen and oxygen atoms in total. The Kier molecular flexibility index (Phi) is 3.97. The van der Waals surface area contributed by atoms with Crippen molar-refractivity contribution in [3.05, 3.63) is 0 Å². The van der Waals surface area contributed by atoms with Gasteiger partial charge >= 0.3 is 0 Å². The first-order valence-corrected chi connectivity index (χ1v) is 5.87. The molecule has 0 spiro atoms. The van der Waals surface area contributed by atoms with Crippen molar-refractivity contribution in [1.82, 2.24) is 10.6 Å². The highest BCUT2D eigenvalue weighted by atomic mass is 16.5. The van der Waals surface area contributed by atoms with Crippen molar-refractivity contribution in [1.29, 1.82) is 0 Å². The van der Waals surface area contributed by atoms with Crippen LogP contribution in [0.15, 0.2) is 0 Å². The van der Waals surface area contributed by atoms with Gasteiger partial charge in [0.15, 0.2) is 0 Å². The summed E-state index contributed by atoms with van der Waals surface area (Å²) in [7, 11) is 0. The van der Waals surface area contributed by atoms with E-state index in [1.807, 2.05) is 34.6 Å². The van der Waals surface area contributed by atoms with Gasteiger partial charge in [-0.25, -0.2) is 5.73 Å². The normalized spacial score (nSPS) is 29.0. The van der Waals surface area contributed by atoms with Crippen LogP contribution in [-0.2, 0) is 9.53 Å². The zero-order valence-electron chi connectivity index (χ0n) is 10.9. The molecule has 1 aliphatic heterocycles. The SMILES string of the molecule is CC1CN(C(=O)C([NH])C(C)(C)C)CC(C)O1. The lowest BCUT2D eigenvalue weighted by atomic mass is 9.86. The molecule has 0 saturated carbocycles. The van der Waals surface area contributed by atoms with Gasteiger partial charge in [-0.05, 0) is 19.3 Å². The van der Waals surface area contributed by atoms with Crippen molar-refractivity contribution in [2.75, 3.05) is 13.1 Å². The summed E-state index contributed by atoms with van der Waals surface area (Å²) < 4.78 is 5.58. The first-order valence-electron chi connectivity index (χ1n) is 5.87. The molecular formula is C12H23N2O2. The molecule has 1 aliphatic rings. The molecule has 4 heteroatoms. The van der Waals surface area contributed by atoms with Crippen LogP contribution in [0.2, 0.25) is 0 Å². The van der Waals surface area contributed by atoms with E-state index in [9.17, 15) is 4.79 Å². The van der Waals surface area contributed by atoms with E-state index in [0.29, 0.717) is 13.1 Å². The number of carbonyl (C=O) groups excluding carboxylic acids is 1. The largest absolute Gasteiger partial charge is 0.372 e. The van der Waals surface area contributed by atoms with Gasteiger partial charge in [0.05, 0.1) is 12.2 Å². The molecule has 16 heavy (non-hydrogen) atoms. The second kappa shape index (κ2) is 4.72. The number of ether oxygens (including phenoxy) is 1. The summed E-state index contributed by atoms with van der Waals surface area (Å²) in [6.07, 6.45) is 0.139. The van der Waals surface area contributed by atoms with Crippen molar-refractivity contribution in [3.63, 3.8) is 0 Å². The highest BCUT2D eigenvalue weighted by molar-refractivity contribution is 5.82. The quantitative estimate of drug-likeness (QED) is 0.678. The molecule has 1 N–H and O–H groups in total. The minimum absolute atomic E-state index is 0.0693. The van der Waals surface area contributed by atoms with Gasteiger partial charge < -0.3 is 9.64 Å². The maximum absolute atomic E-state index is 12.1. The Labute approximate surface area is 98.1 Å². The number of nitrogens with zero attached hydrogens (tertiary/aromatic N) is 1. The van der Waals surface area contributed by atoms with Crippen molar-refractivity contribution in [2.45, 2.75) is 52.9 Å². The topological polar surface area (TPSA) is 53.3 Å². The van der Waals surface area contributed by atoms with Crippen LogP contribution in [0.25, 0.3) is 0 Å². The molecule has 1 amide bonds. The van der Waals surface area contributed by atoms with Crippen molar-refractivity contribution < 1.29 is 9.53 Å². The molecule has 0 aromatic heterocycles. The number of morpholine rings is 1. The smallest absolute Gasteiger partial charge is 0.241 e. The van der Waals surface area contributed by atoms with Crippen LogP contribution >= 0.6 is 0 Å². The predicted octanol–water partition coefficient (Wildman–Crippen LogP) is 1.32. The van der Waals surface area contributed by atoms with E-state index < -0.39 is 6.04 Å². The van der Waals surface area contributed by atoms with E-state index in [1.54, 1.807) is 4.90 Å². The van der Waals surface area contributed by atoms with E-state index in [4.69, 9.17) is 10.5 Å². The van der Waals surface area contributed by atoms with Crippen LogP contribution in [0.1, 0.15) is 34.6 Å². The molecule has 93 valence electrons. The standard InChI is InChI=1S/C12H23N2O2/c1-8-6-14(7-9(2)16-8)11(15)10(13)12(3,4)5/h8-10,13H,6-7H2,1-5H3. The second-order valence-electron chi connectivity index (χ2n) is 5.80. The molecule has 0 aliphatic carbocycles. The van der Waals surface area contributed by atoms with Crippen molar-refractivity contribution >= 4 is 5.91 Å². The molecule has 1 fully saturated rings. The Hall–Kier alpha value is -0.610. The average Bonchev–Trinajstić information content (AvgIpc) is 2.12. The molecular weight excluding hydrogens is 204 g/mol. The third kappa shape index (κ3) is 3.19. The van der Waals surface area contributed by atoms with E-state index in [-0.39, 0.29) is 23.5 Å². The third-order valence-electron chi connectivity index (χ3n) is 2.84. The zero-order valence-corrected chi connectivity index (χ0v) is 10.9. The van der Waals surface area contributed by atoms with Gasteiger partial charge in [0.2, 0.25) is 5.91 Å². The van der Waals surface area contributed by atoms with E-state index in [0.717, 1.165) is 0 Å². The highest BCUT2D eigenvalue weighted by Gasteiger charge is 2.34. The van der Waals surface area contributed by atoms with Crippen LogP contribution in [0, 0.1) is 5.41 Å². The summed E-state index contributed by atoms with van der Waals surface area (Å²) >= 11 is 0. The molecule has 1 saturated heterocycles. The Morgan fingerprint density at radius 3 is 2.12 bits per heavy atom. The fourth-order valence-corrected chi connectivity index (χ4v) is 1.91. The van der Waals surface area contributed by atoms with E-state index >= 15 is 0 Å². The van der Waals surface area contributed by atoms with Gasteiger partial charge in [-0.2, -0.15) is 0 Å². The molecule has 0 bridgehead atoms. The molecule has 1 radical (unpaired) electrons. The van der Waals surface area contributed by atoms with Gasteiger partial charge in [-0.3, -0.25) is 4.79 Å². The minimum Gasteiger partial charge on any atom is -0.372 e. The lowest BCUT2D eigenvalue weighted by molar-refractivity contribution is -0.147. The van der Waals surface area contributed by atoms with Crippen LogP contribution in [0.3, 0.4) is 0 Å². The summed E-state index contributed by atoms with van der Waals surface area (Å²) in [5, 5.41) is 0. The summed E-state index contributed by atoms with van der Waals surface area (Å²) in [5.74, 6) is -0.0745. The molecule has 0 aromatic rings. The summed E-state index contributed by atoms with van der Waals surface area (Å²) in [4.78, 5) is 13.9. The first kappa shape index (κ1) is 13.5. The number of hydrogen-bond acceptors (Lipinski definition) is 2. The summed E-state index contributed by atoms with van der Waals surface area (Å²) in [6.45, 7) is 10.9. The number of nitrogens with one attached hydrogen (secondary N) is 1. The second-order valence-corrected chi connectivity index (χ2v) is 5.80. The molecule has 1 rings (SSSR count). The minimum atomic E-state index is -0.690. The van der Waals surface area contributed by atoms with Gasteiger partial charge in [0, 0.05) is 13.1 Å². The van der Waals surface area contributed by atoms with Crippen molar-refractivity contribution in [3.8, 4) is 0 Å². The van der Waals surface area contributed by atoms with Gasteiger partial charge in [0.25, 0.3) is 0 Å². The van der Waals surface area contributed by atoms with Gasteiger partial charge in [0.1, 0.15) is 6.04 Å². The van der Waals surface area contributed by atoms with Crippen molar-refractivity contribution in [2.24, 2.45) is 5.41 Å².